The van der Waals surface area contributed by atoms with Crippen molar-refractivity contribution in [2.45, 2.75) is 25.4 Å². The lowest BCUT2D eigenvalue weighted by Gasteiger charge is -2.25. The minimum atomic E-state index is -0.634. The average molecular weight is 114 g/mol. The van der Waals surface area contributed by atoms with Crippen molar-refractivity contribution in [2.24, 2.45) is 0 Å². The second-order valence-corrected chi connectivity index (χ2v) is 2.70. The molecule has 0 aromatic carbocycles. The van der Waals surface area contributed by atoms with Crippen LogP contribution in [0.4, 0.5) is 0 Å². The summed E-state index contributed by atoms with van der Waals surface area (Å²) in [4.78, 5) is 0. The van der Waals surface area contributed by atoms with E-state index >= 15 is 0 Å². The predicted molar refractivity (Wildman–Crippen MR) is 31.2 cm³/mol. The molecule has 2 heteroatoms. The first-order chi connectivity index (χ1) is 3.71. The summed E-state index contributed by atoms with van der Waals surface area (Å²) in [5, 5.41) is 14.2. The number of hydrogen-bond acceptors (Lipinski definition) is 1. The van der Waals surface area contributed by atoms with Gasteiger partial charge >= 0.3 is 0 Å². The highest BCUT2D eigenvalue weighted by Crippen LogP contribution is 2.16. The number of hydrogen-bond donors (Lipinski definition) is 1. The zero-order valence-corrected chi connectivity index (χ0v) is 5.24. The van der Waals surface area contributed by atoms with Crippen molar-refractivity contribution in [3.8, 4) is 0 Å². The second-order valence-electron chi connectivity index (χ2n) is 2.70. The van der Waals surface area contributed by atoms with Crippen molar-refractivity contribution in [1.82, 2.24) is 5.32 Å². The summed E-state index contributed by atoms with van der Waals surface area (Å²) in [6, 6.07) is 0. The van der Waals surface area contributed by atoms with Crippen LogP contribution < -0.4 is 5.32 Å². The van der Waals surface area contributed by atoms with Crippen LogP contribution in [0.15, 0.2) is 0 Å². The van der Waals surface area contributed by atoms with E-state index in [0.29, 0.717) is 0 Å². The summed E-state index contributed by atoms with van der Waals surface area (Å²) in [6.45, 7) is 3.59. The highest BCUT2D eigenvalue weighted by Gasteiger charge is 2.24. The Kier molecular flexibility index (Phi) is 1.54. The van der Waals surface area contributed by atoms with Crippen LogP contribution in [0.25, 0.3) is 0 Å². The first-order valence-electron chi connectivity index (χ1n) is 3.12. The third-order valence-electron chi connectivity index (χ3n) is 1.66. The van der Waals surface area contributed by atoms with Gasteiger partial charge in [0.15, 0.2) is 0 Å². The Labute approximate surface area is 49.9 Å². The van der Waals surface area contributed by atoms with Crippen LogP contribution in [0, 0.1) is 0 Å². The van der Waals surface area contributed by atoms with Crippen molar-refractivity contribution in [1.29, 1.82) is 0 Å². The van der Waals surface area contributed by atoms with Gasteiger partial charge in [-0.2, -0.15) is 0 Å². The lowest BCUT2D eigenvalue weighted by molar-refractivity contribution is -0.0366. The second kappa shape index (κ2) is 2.03. The van der Waals surface area contributed by atoms with E-state index in [1.165, 1.54) is 0 Å². The fraction of sp³-hybridized carbons (Fsp3) is 1.00. The summed E-state index contributed by atoms with van der Waals surface area (Å²) < 4.78 is 0. The molecule has 1 heterocycles. The van der Waals surface area contributed by atoms with E-state index < -0.39 is 5.60 Å². The lowest BCUT2D eigenvalue weighted by Crippen LogP contribution is -2.38. The van der Waals surface area contributed by atoms with Gasteiger partial charge in [0.2, 0.25) is 0 Å². The zero-order chi connectivity index (χ0) is 6.04. The molecule has 0 aliphatic carbocycles. The molecule has 1 radical (unpaired) electrons. The van der Waals surface area contributed by atoms with E-state index in [1.807, 2.05) is 0 Å². The highest BCUT2D eigenvalue weighted by atomic mass is 16.3. The van der Waals surface area contributed by atoms with Gasteiger partial charge in [0.05, 0.1) is 0 Å². The van der Waals surface area contributed by atoms with Crippen LogP contribution in [0.3, 0.4) is 0 Å². The topological polar surface area (TPSA) is 31.9 Å². The molecule has 0 atom stereocenters. The van der Waals surface area contributed by atoms with Gasteiger partial charge in [-0.25, -0.2) is 5.11 Å². The third kappa shape index (κ3) is 1.46. The Morgan fingerprint density at radius 2 is 1.88 bits per heavy atom. The van der Waals surface area contributed by atoms with Gasteiger partial charge in [-0.15, -0.1) is 0 Å². The number of nitrogens with one attached hydrogen (secondary N) is 1. The van der Waals surface area contributed by atoms with E-state index in [2.05, 4.69) is 5.32 Å². The van der Waals surface area contributed by atoms with E-state index in [9.17, 15) is 5.11 Å². The Morgan fingerprint density at radius 1 is 1.38 bits per heavy atom. The van der Waals surface area contributed by atoms with Crippen molar-refractivity contribution < 1.29 is 5.11 Å². The largest absolute Gasteiger partial charge is 0.317 e. The molecule has 0 aromatic rings. The number of rotatable bonds is 0. The molecule has 0 bridgehead atoms. The molecule has 8 heavy (non-hydrogen) atoms. The normalized spacial score (nSPS) is 27.8. The van der Waals surface area contributed by atoms with Crippen LogP contribution in [0.2, 0.25) is 0 Å². The SMILES string of the molecule is CC1([O])CCNCC1. The van der Waals surface area contributed by atoms with Gasteiger partial charge in [-0.3, -0.25) is 0 Å². The molecule has 1 N–H and O–H groups in total. The zero-order valence-electron chi connectivity index (χ0n) is 5.24. The fourth-order valence-electron chi connectivity index (χ4n) is 0.956. The molecule has 1 saturated heterocycles. The standard InChI is InChI=1S/C6H12NO/c1-6(8)2-4-7-5-3-6/h7H,2-5H2,1H3. The maximum atomic E-state index is 11.1. The van der Waals surface area contributed by atoms with Crippen LogP contribution >= 0.6 is 0 Å². The van der Waals surface area contributed by atoms with E-state index in [0.717, 1.165) is 25.9 Å². The summed E-state index contributed by atoms with van der Waals surface area (Å²) in [5.41, 5.74) is -0.634. The molecule has 0 spiro atoms. The summed E-state index contributed by atoms with van der Waals surface area (Å²) in [5.74, 6) is 0. The molecule has 0 amide bonds. The monoisotopic (exact) mass is 114 g/mol. The molecule has 1 aliphatic heterocycles. The predicted octanol–water partition coefficient (Wildman–Crippen LogP) is 0.559. The highest BCUT2D eigenvalue weighted by molar-refractivity contribution is 4.78. The molecule has 0 aromatic heterocycles. The Hall–Kier alpha value is -0.0800. The molecular formula is C6H12NO. The van der Waals surface area contributed by atoms with Crippen molar-refractivity contribution in [3.05, 3.63) is 0 Å². The molecule has 0 unspecified atom stereocenters. The molecule has 1 rings (SSSR count). The van der Waals surface area contributed by atoms with Crippen molar-refractivity contribution in [2.75, 3.05) is 13.1 Å². The van der Waals surface area contributed by atoms with Crippen molar-refractivity contribution in [3.63, 3.8) is 0 Å². The van der Waals surface area contributed by atoms with E-state index in [1.54, 1.807) is 6.92 Å². The van der Waals surface area contributed by atoms with E-state index in [4.69, 9.17) is 0 Å². The summed E-state index contributed by atoms with van der Waals surface area (Å²) in [7, 11) is 0. The molecule has 2 nitrogen and oxygen atoms in total. The lowest BCUT2D eigenvalue weighted by atomic mass is 9.95. The quantitative estimate of drug-likeness (QED) is 0.490. The Balaban J connectivity index is 2.33. The summed E-state index contributed by atoms with van der Waals surface area (Å²) >= 11 is 0. The Bertz CT molecular complexity index is 72.6. The van der Waals surface area contributed by atoms with Gasteiger partial charge in [-0.05, 0) is 32.9 Å². The fourth-order valence-corrected chi connectivity index (χ4v) is 0.956. The molecule has 0 saturated carbocycles. The molecule has 1 aliphatic rings. The maximum absolute atomic E-state index is 11.1. The smallest absolute Gasteiger partial charge is 0.103 e. The van der Waals surface area contributed by atoms with Gasteiger partial charge < -0.3 is 5.32 Å². The summed E-state index contributed by atoms with van der Waals surface area (Å²) in [6.07, 6.45) is 1.57. The van der Waals surface area contributed by atoms with Gasteiger partial charge in [0, 0.05) is 0 Å². The van der Waals surface area contributed by atoms with E-state index in [-0.39, 0.29) is 0 Å². The first kappa shape index (κ1) is 6.05. The Morgan fingerprint density at radius 3 is 2.12 bits per heavy atom. The minimum absolute atomic E-state index is 0.634. The van der Waals surface area contributed by atoms with Crippen molar-refractivity contribution >= 4 is 0 Å². The van der Waals surface area contributed by atoms with Gasteiger partial charge in [-0.1, -0.05) is 0 Å². The molecule has 47 valence electrons. The molecule has 1 fully saturated rings. The van der Waals surface area contributed by atoms with Crippen LogP contribution in [0.5, 0.6) is 0 Å². The first-order valence-corrected chi connectivity index (χ1v) is 3.12. The third-order valence-corrected chi connectivity index (χ3v) is 1.66. The maximum Gasteiger partial charge on any atom is 0.103 e. The van der Waals surface area contributed by atoms with Crippen LogP contribution in [-0.4, -0.2) is 18.7 Å². The van der Waals surface area contributed by atoms with Crippen LogP contribution in [-0.2, 0) is 5.11 Å². The van der Waals surface area contributed by atoms with Crippen LogP contribution in [0.1, 0.15) is 19.8 Å². The van der Waals surface area contributed by atoms with Gasteiger partial charge in [0.1, 0.15) is 5.60 Å². The number of piperidine rings is 1. The minimum Gasteiger partial charge on any atom is -0.317 e. The average Bonchev–Trinajstić information content (AvgIpc) is 1.65. The van der Waals surface area contributed by atoms with Gasteiger partial charge in [0.25, 0.3) is 0 Å². The molecular weight excluding hydrogens is 102 g/mol.